The van der Waals surface area contributed by atoms with Crippen LogP contribution < -0.4 is 5.56 Å². The summed E-state index contributed by atoms with van der Waals surface area (Å²) in [5.74, 6) is -0.0768. The maximum absolute atomic E-state index is 13.6. The van der Waals surface area contributed by atoms with Gasteiger partial charge in [-0.15, -0.1) is 0 Å². The van der Waals surface area contributed by atoms with Gasteiger partial charge in [0.2, 0.25) is 0 Å². The lowest BCUT2D eigenvalue weighted by molar-refractivity contribution is 0.0754. The minimum atomic E-state index is -0.113. The Bertz CT molecular complexity index is 1110. The average Bonchev–Trinajstić information content (AvgIpc) is 3.06. The molecule has 1 fully saturated rings. The molecule has 3 aromatic rings. The molecule has 0 radical (unpaired) electrons. The minimum absolute atomic E-state index is 0.0768. The second-order valence-electron chi connectivity index (χ2n) is 8.54. The monoisotopic (exact) mass is 432 g/mol. The molecule has 1 saturated heterocycles. The van der Waals surface area contributed by atoms with Gasteiger partial charge in [0.05, 0.1) is 5.39 Å². The Balaban J connectivity index is 1.55. The smallest absolute Gasteiger partial charge is 0.274 e. The number of benzene rings is 2. The topological polar surface area (TPSA) is 58.4 Å². The van der Waals surface area contributed by atoms with E-state index in [-0.39, 0.29) is 11.5 Å². The molecule has 2 aromatic carbocycles. The number of fused-ring (bicyclic) bond motifs is 1. The summed E-state index contributed by atoms with van der Waals surface area (Å²) in [6.45, 7) is 6.73. The van der Waals surface area contributed by atoms with Gasteiger partial charge in [-0.2, -0.15) is 5.10 Å². The van der Waals surface area contributed by atoms with Crippen LogP contribution in [0.5, 0.6) is 0 Å². The highest BCUT2D eigenvalue weighted by Crippen LogP contribution is 2.17. The third-order valence-corrected chi connectivity index (χ3v) is 6.17. The van der Waals surface area contributed by atoms with E-state index in [1.54, 1.807) is 6.07 Å². The van der Waals surface area contributed by atoms with E-state index in [1.165, 1.54) is 10.2 Å². The van der Waals surface area contributed by atoms with Crippen LogP contribution in [0.25, 0.3) is 10.8 Å². The maximum Gasteiger partial charge on any atom is 0.274 e. The van der Waals surface area contributed by atoms with Gasteiger partial charge in [0.1, 0.15) is 0 Å². The number of carbonyl (C=O) groups excluding carboxylic acids is 1. The van der Waals surface area contributed by atoms with E-state index in [1.807, 2.05) is 29.2 Å². The molecule has 1 aliphatic heterocycles. The van der Waals surface area contributed by atoms with Crippen molar-refractivity contribution in [1.82, 2.24) is 19.6 Å². The van der Waals surface area contributed by atoms with Crippen LogP contribution in [0.15, 0.2) is 59.4 Å². The fourth-order valence-electron chi connectivity index (χ4n) is 4.38. The number of amides is 1. The molecule has 0 atom stereocenters. The summed E-state index contributed by atoms with van der Waals surface area (Å²) in [6, 6.07) is 17.8. The molecule has 168 valence electrons. The molecule has 0 unspecified atom stereocenters. The summed E-state index contributed by atoms with van der Waals surface area (Å²) in [6.07, 6.45) is 3.91. The van der Waals surface area contributed by atoms with E-state index in [4.69, 9.17) is 0 Å². The second-order valence-corrected chi connectivity index (χ2v) is 8.54. The Morgan fingerprint density at radius 2 is 1.66 bits per heavy atom. The number of hydrogen-bond acceptors (Lipinski definition) is 4. The van der Waals surface area contributed by atoms with E-state index in [9.17, 15) is 9.59 Å². The number of rotatable bonds is 7. The molecule has 1 amide bonds. The van der Waals surface area contributed by atoms with Gasteiger partial charge in [-0.3, -0.25) is 14.5 Å². The zero-order valence-electron chi connectivity index (χ0n) is 18.9. The first kappa shape index (κ1) is 22.2. The van der Waals surface area contributed by atoms with Crippen molar-refractivity contribution in [3.05, 3.63) is 76.2 Å². The summed E-state index contributed by atoms with van der Waals surface area (Å²) >= 11 is 0. The SMILES string of the molecule is CCCCCn1nc(C(=O)N2CCCN(Cc3ccccc3)CC2)c2ccccc2c1=O. The van der Waals surface area contributed by atoms with Crippen LogP contribution in [-0.2, 0) is 13.1 Å². The largest absolute Gasteiger partial charge is 0.336 e. The Hall–Kier alpha value is -2.99. The van der Waals surface area contributed by atoms with Crippen LogP contribution in [0.4, 0.5) is 0 Å². The molecule has 0 N–H and O–H groups in total. The molecule has 1 aliphatic rings. The fraction of sp³-hybridized carbons (Fsp3) is 0.423. The number of unbranched alkanes of at least 4 members (excludes halogenated alkanes) is 2. The molecular formula is C26H32N4O2. The van der Waals surface area contributed by atoms with E-state index in [0.29, 0.717) is 36.1 Å². The molecule has 32 heavy (non-hydrogen) atoms. The standard InChI is InChI=1S/C26H32N4O2/c1-2-3-9-17-30-25(31)23-14-8-7-13-22(23)24(27-30)26(32)29-16-10-15-28(18-19-29)20-21-11-5-4-6-12-21/h4-8,11-14H,2-3,9-10,15-20H2,1H3. The summed E-state index contributed by atoms with van der Waals surface area (Å²) in [4.78, 5) is 30.8. The van der Waals surface area contributed by atoms with Crippen molar-refractivity contribution in [2.45, 2.75) is 45.7 Å². The number of hydrogen-bond donors (Lipinski definition) is 0. The summed E-state index contributed by atoms with van der Waals surface area (Å²) in [7, 11) is 0. The molecule has 4 rings (SSSR count). The molecule has 0 spiro atoms. The molecule has 1 aromatic heterocycles. The number of aromatic nitrogens is 2. The molecule has 6 heteroatoms. The van der Waals surface area contributed by atoms with Gasteiger partial charge in [-0.1, -0.05) is 68.3 Å². The lowest BCUT2D eigenvalue weighted by Crippen LogP contribution is -2.37. The molecule has 0 bridgehead atoms. The normalized spacial score (nSPS) is 15.1. The van der Waals surface area contributed by atoms with Crippen molar-refractivity contribution in [1.29, 1.82) is 0 Å². The number of aryl methyl sites for hydroxylation is 1. The van der Waals surface area contributed by atoms with E-state index < -0.39 is 0 Å². The van der Waals surface area contributed by atoms with Crippen molar-refractivity contribution in [2.24, 2.45) is 0 Å². The lowest BCUT2D eigenvalue weighted by atomic mass is 10.1. The molecule has 2 heterocycles. The average molecular weight is 433 g/mol. The molecule has 6 nitrogen and oxygen atoms in total. The van der Waals surface area contributed by atoms with Crippen molar-refractivity contribution in [2.75, 3.05) is 26.2 Å². The van der Waals surface area contributed by atoms with Crippen LogP contribution in [0.2, 0.25) is 0 Å². The van der Waals surface area contributed by atoms with E-state index in [0.717, 1.165) is 45.3 Å². The Kier molecular flexibility index (Phi) is 7.32. The first-order chi connectivity index (χ1) is 15.7. The summed E-state index contributed by atoms with van der Waals surface area (Å²) < 4.78 is 1.49. The van der Waals surface area contributed by atoms with Gasteiger partial charge in [0.15, 0.2) is 5.69 Å². The molecule has 0 aliphatic carbocycles. The zero-order chi connectivity index (χ0) is 22.3. The second kappa shape index (κ2) is 10.6. The van der Waals surface area contributed by atoms with Crippen LogP contribution in [0.3, 0.4) is 0 Å². The van der Waals surface area contributed by atoms with Crippen molar-refractivity contribution in [3.8, 4) is 0 Å². The number of nitrogens with zero attached hydrogens (tertiary/aromatic N) is 4. The Labute approximate surface area is 189 Å². The van der Waals surface area contributed by atoms with Gasteiger partial charge >= 0.3 is 0 Å². The third-order valence-electron chi connectivity index (χ3n) is 6.17. The predicted molar refractivity (Wildman–Crippen MR) is 128 cm³/mol. The van der Waals surface area contributed by atoms with Crippen molar-refractivity contribution in [3.63, 3.8) is 0 Å². The van der Waals surface area contributed by atoms with Crippen molar-refractivity contribution >= 4 is 16.7 Å². The quantitative estimate of drug-likeness (QED) is 0.531. The van der Waals surface area contributed by atoms with Gasteiger partial charge < -0.3 is 4.90 Å². The van der Waals surface area contributed by atoms with Gasteiger partial charge in [-0.05, 0) is 24.5 Å². The predicted octanol–water partition coefficient (Wildman–Crippen LogP) is 3.93. The Morgan fingerprint density at radius 3 is 2.44 bits per heavy atom. The maximum atomic E-state index is 13.6. The van der Waals surface area contributed by atoms with Crippen LogP contribution in [-0.4, -0.2) is 51.7 Å². The van der Waals surface area contributed by atoms with Crippen molar-refractivity contribution < 1.29 is 4.79 Å². The molecule has 0 saturated carbocycles. The fourth-order valence-corrected chi connectivity index (χ4v) is 4.38. The van der Waals surface area contributed by atoms with E-state index in [2.05, 4.69) is 41.2 Å². The summed E-state index contributed by atoms with van der Waals surface area (Å²) in [5.41, 5.74) is 1.57. The minimum Gasteiger partial charge on any atom is -0.336 e. The first-order valence-electron chi connectivity index (χ1n) is 11.7. The zero-order valence-corrected chi connectivity index (χ0v) is 18.9. The summed E-state index contributed by atoms with van der Waals surface area (Å²) in [5, 5.41) is 5.79. The van der Waals surface area contributed by atoms with Gasteiger partial charge in [0, 0.05) is 44.7 Å². The van der Waals surface area contributed by atoms with Crippen LogP contribution >= 0.6 is 0 Å². The van der Waals surface area contributed by atoms with Gasteiger partial charge in [0.25, 0.3) is 11.5 Å². The highest BCUT2D eigenvalue weighted by molar-refractivity contribution is 6.04. The number of carbonyl (C=O) groups is 1. The Morgan fingerprint density at radius 1 is 0.906 bits per heavy atom. The van der Waals surface area contributed by atoms with Gasteiger partial charge in [-0.25, -0.2) is 4.68 Å². The highest BCUT2D eigenvalue weighted by atomic mass is 16.2. The third kappa shape index (κ3) is 5.07. The van der Waals surface area contributed by atoms with Crippen LogP contribution in [0, 0.1) is 0 Å². The molecular weight excluding hydrogens is 400 g/mol. The lowest BCUT2D eigenvalue weighted by Gasteiger charge is -2.22. The first-order valence-corrected chi connectivity index (χ1v) is 11.7. The van der Waals surface area contributed by atoms with E-state index >= 15 is 0 Å². The van der Waals surface area contributed by atoms with Crippen LogP contribution in [0.1, 0.15) is 48.7 Å². The highest BCUT2D eigenvalue weighted by Gasteiger charge is 2.24.